The van der Waals surface area contributed by atoms with E-state index < -0.39 is 0 Å². The molecule has 1 fully saturated rings. The van der Waals surface area contributed by atoms with Crippen molar-refractivity contribution in [1.82, 2.24) is 4.90 Å². The van der Waals surface area contributed by atoms with Gasteiger partial charge in [-0.2, -0.15) is 0 Å². The van der Waals surface area contributed by atoms with Crippen LogP contribution in [0.4, 0.5) is 0 Å². The van der Waals surface area contributed by atoms with Crippen molar-refractivity contribution in [2.75, 3.05) is 54.4 Å². The van der Waals surface area contributed by atoms with Gasteiger partial charge in [-0.1, -0.05) is 0 Å². The summed E-state index contributed by atoms with van der Waals surface area (Å²) in [7, 11) is 4.74. The van der Waals surface area contributed by atoms with Gasteiger partial charge in [0.25, 0.3) is 0 Å². The Morgan fingerprint density at radius 1 is 0.897 bits per heavy atom. The van der Waals surface area contributed by atoms with E-state index in [-0.39, 0.29) is 18.6 Å². The molecule has 0 aliphatic carbocycles. The van der Waals surface area contributed by atoms with E-state index in [1.54, 1.807) is 27.4 Å². The highest BCUT2D eigenvalue weighted by Crippen LogP contribution is 2.46. The average molecular weight is 403 g/mol. The number of morpholine rings is 1. The predicted octanol–water partition coefficient (Wildman–Crippen LogP) is 2.57. The van der Waals surface area contributed by atoms with Gasteiger partial charge in [0.15, 0.2) is 23.0 Å². The van der Waals surface area contributed by atoms with Crippen LogP contribution in [0.5, 0.6) is 34.5 Å². The third-order valence-corrected chi connectivity index (χ3v) is 5.23. The van der Waals surface area contributed by atoms with E-state index in [0.717, 1.165) is 18.7 Å². The molecule has 2 heterocycles. The van der Waals surface area contributed by atoms with Crippen LogP contribution in [0, 0.1) is 0 Å². The zero-order chi connectivity index (χ0) is 20.4. The molecule has 29 heavy (non-hydrogen) atoms. The number of hydrogen-bond acceptors (Lipinski definition) is 8. The van der Waals surface area contributed by atoms with Gasteiger partial charge in [0.1, 0.15) is 5.75 Å². The normalized spacial score (nSPS) is 17.1. The van der Waals surface area contributed by atoms with Crippen molar-refractivity contribution in [3.63, 3.8) is 0 Å². The van der Waals surface area contributed by atoms with Crippen molar-refractivity contribution in [3.05, 3.63) is 35.4 Å². The molecule has 2 aromatic carbocycles. The van der Waals surface area contributed by atoms with Gasteiger partial charge >= 0.3 is 0 Å². The first-order chi connectivity index (χ1) is 14.2. The van der Waals surface area contributed by atoms with Crippen LogP contribution in [-0.2, 0) is 4.74 Å². The maximum absolute atomic E-state index is 10.8. The lowest BCUT2D eigenvalue weighted by Gasteiger charge is -2.35. The van der Waals surface area contributed by atoms with Gasteiger partial charge in [-0.25, -0.2) is 0 Å². The highest BCUT2D eigenvalue weighted by atomic mass is 16.7. The molecule has 8 nitrogen and oxygen atoms in total. The second-order valence-electron chi connectivity index (χ2n) is 6.77. The number of hydrogen-bond donors (Lipinski definition) is 1. The minimum absolute atomic E-state index is 0.138. The molecule has 0 bridgehead atoms. The standard InChI is InChI=1S/C21H25NO7/c1-24-18-8-13(9-19(25-2)21(18)26-3)20(22-4-6-27-7-5-22)14-10-16-17(11-15(14)23)29-12-28-16/h8-11,20,23H,4-7,12H2,1-3H3/t20-/m1/s1. The summed E-state index contributed by atoms with van der Waals surface area (Å²) in [5, 5.41) is 10.8. The Labute approximate surface area is 169 Å². The van der Waals surface area contributed by atoms with Crippen molar-refractivity contribution >= 4 is 0 Å². The molecule has 0 saturated carbocycles. The Hall–Kier alpha value is -2.84. The topological polar surface area (TPSA) is 78.9 Å². The molecule has 2 aromatic rings. The fourth-order valence-electron chi connectivity index (χ4n) is 3.85. The van der Waals surface area contributed by atoms with E-state index in [0.29, 0.717) is 47.5 Å². The predicted molar refractivity (Wildman–Crippen MR) is 105 cm³/mol. The van der Waals surface area contributed by atoms with Gasteiger partial charge in [0, 0.05) is 24.7 Å². The molecule has 1 atom stereocenters. The number of fused-ring (bicyclic) bond motifs is 1. The molecular formula is C21H25NO7. The molecule has 0 amide bonds. The largest absolute Gasteiger partial charge is 0.507 e. The number of benzene rings is 2. The molecule has 0 aromatic heterocycles. The lowest BCUT2D eigenvalue weighted by molar-refractivity contribution is 0.0234. The third-order valence-electron chi connectivity index (χ3n) is 5.23. The van der Waals surface area contributed by atoms with Gasteiger partial charge in [-0.05, 0) is 23.8 Å². The summed E-state index contributed by atoms with van der Waals surface area (Å²) in [5.74, 6) is 2.93. The molecule has 156 valence electrons. The summed E-state index contributed by atoms with van der Waals surface area (Å²) in [4.78, 5) is 2.25. The molecule has 4 rings (SSSR count). The maximum Gasteiger partial charge on any atom is 0.231 e. The molecule has 2 aliphatic rings. The molecular weight excluding hydrogens is 378 g/mol. The number of ether oxygens (including phenoxy) is 6. The summed E-state index contributed by atoms with van der Waals surface area (Å²) in [6.45, 7) is 2.81. The van der Waals surface area contributed by atoms with Crippen LogP contribution in [0.3, 0.4) is 0 Å². The van der Waals surface area contributed by atoms with Crippen molar-refractivity contribution in [2.45, 2.75) is 6.04 Å². The zero-order valence-electron chi connectivity index (χ0n) is 16.8. The minimum Gasteiger partial charge on any atom is -0.507 e. The minimum atomic E-state index is -0.262. The summed E-state index contributed by atoms with van der Waals surface area (Å²) in [6, 6.07) is 6.99. The highest BCUT2D eigenvalue weighted by Gasteiger charge is 2.31. The number of phenols is 1. The van der Waals surface area contributed by atoms with Crippen LogP contribution < -0.4 is 23.7 Å². The first-order valence-corrected chi connectivity index (χ1v) is 9.40. The van der Waals surface area contributed by atoms with Gasteiger partial charge in [-0.3, -0.25) is 4.90 Å². The fourth-order valence-corrected chi connectivity index (χ4v) is 3.85. The number of aromatic hydroxyl groups is 1. The lowest BCUT2D eigenvalue weighted by atomic mass is 9.94. The van der Waals surface area contributed by atoms with E-state index in [1.165, 1.54) is 0 Å². The Kier molecular flexibility index (Phi) is 5.55. The number of nitrogens with zero attached hydrogens (tertiary/aromatic N) is 1. The number of rotatable bonds is 6. The van der Waals surface area contributed by atoms with Crippen LogP contribution in [0.15, 0.2) is 24.3 Å². The van der Waals surface area contributed by atoms with E-state index >= 15 is 0 Å². The van der Waals surface area contributed by atoms with Crippen molar-refractivity contribution < 1.29 is 33.5 Å². The molecule has 0 spiro atoms. The van der Waals surface area contributed by atoms with E-state index in [2.05, 4.69) is 4.90 Å². The lowest BCUT2D eigenvalue weighted by Crippen LogP contribution is -2.39. The highest BCUT2D eigenvalue weighted by molar-refractivity contribution is 5.58. The van der Waals surface area contributed by atoms with Gasteiger partial charge in [-0.15, -0.1) is 0 Å². The van der Waals surface area contributed by atoms with Crippen molar-refractivity contribution in [3.8, 4) is 34.5 Å². The van der Waals surface area contributed by atoms with Gasteiger partial charge in [0.05, 0.1) is 40.6 Å². The van der Waals surface area contributed by atoms with Crippen molar-refractivity contribution in [2.24, 2.45) is 0 Å². The van der Waals surface area contributed by atoms with Gasteiger partial charge < -0.3 is 33.5 Å². The van der Waals surface area contributed by atoms with E-state index in [4.69, 9.17) is 28.4 Å². The third kappa shape index (κ3) is 3.61. The zero-order valence-corrected chi connectivity index (χ0v) is 16.8. The molecule has 2 aliphatic heterocycles. The Bertz CT molecular complexity index is 855. The maximum atomic E-state index is 10.8. The molecule has 0 unspecified atom stereocenters. The number of methoxy groups -OCH3 is 3. The Balaban J connectivity index is 1.86. The Morgan fingerprint density at radius 2 is 1.52 bits per heavy atom. The van der Waals surface area contributed by atoms with Crippen LogP contribution >= 0.6 is 0 Å². The molecule has 8 heteroatoms. The van der Waals surface area contributed by atoms with E-state index in [9.17, 15) is 5.11 Å². The quantitative estimate of drug-likeness (QED) is 0.789. The second kappa shape index (κ2) is 8.26. The Morgan fingerprint density at radius 3 is 2.10 bits per heavy atom. The monoisotopic (exact) mass is 403 g/mol. The molecule has 0 radical (unpaired) electrons. The van der Waals surface area contributed by atoms with Crippen LogP contribution in [0.2, 0.25) is 0 Å². The summed E-state index contributed by atoms with van der Waals surface area (Å²) in [6.07, 6.45) is 0. The first-order valence-electron chi connectivity index (χ1n) is 9.40. The second-order valence-corrected chi connectivity index (χ2v) is 6.77. The first kappa shape index (κ1) is 19.5. The fraction of sp³-hybridized carbons (Fsp3) is 0.429. The van der Waals surface area contributed by atoms with Crippen LogP contribution in [0.25, 0.3) is 0 Å². The molecule has 1 saturated heterocycles. The molecule has 1 N–H and O–H groups in total. The summed E-state index contributed by atoms with van der Waals surface area (Å²) in [5.41, 5.74) is 1.61. The van der Waals surface area contributed by atoms with Gasteiger partial charge in [0.2, 0.25) is 12.5 Å². The smallest absolute Gasteiger partial charge is 0.231 e. The summed E-state index contributed by atoms with van der Waals surface area (Å²) >= 11 is 0. The van der Waals surface area contributed by atoms with Crippen LogP contribution in [-0.4, -0.2) is 64.4 Å². The van der Waals surface area contributed by atoms with Crippen LogP contribution in [0.1, 0.15) is 17.2 Å². The summed E-state index contributed by atoms with van der Waals surface area (Å²) < 4.78 is 33.0. The van der Waals surface area contributed by atoms with E-state index in [1.807, 2.05) is 18.2 Å². The SMILES string of the molecule is COc1cc([C@H](c2cc3c(cc2O)OCO3)N2CCOCC2)cc(OC)c1OC. The van der Waals surface area contributed by atoms with Crippen molar-refractivity contribution in [1.29, 1.82) is 0 Å². The number of phenolic OH excluding ortho intramolecular Hbond substituents is 1. The average Bonchev–Trinajstić information content (AvgIpc) is 3.21.